The van der Waals surface area contributed by atoms with Crippen molar-refractivity contribution >= 4 is 5.97 Å². The molecule has 0 heterocycles. The van der Waals surface area contributed by atoms with Crippen molar-refractivity contribution in [1.82, 2.24) is 0 Å². The second-order valence-corrected chi connectivity index (χ2v) is 8.15. The maximum atomic E-state index is 12.1. The molecule has 156 valence electrons. The lowest BCUT2D eigenvalue weighted by Gasteiger charge is -2.17. The minimum absolute atomic E-state index is 0.0366. The molecule has 0 rings (SSSR count). The van der Waals surface area contributed by atoms with Gasteiger partial charge in [0.1, 0.15) is 0 Å². The van der Waals surface area contributed by atoms with Crippen molar-refractivity contribution in [2.45, 2.75) is 117 Å². The molecule has 0 aliphatic heterocycles. The summed E-state index contributed by atoms with van der Waals surface area (Å²) in [6.07, 6.45) is 18.6. The van der Waals surface area contributed by atoms with Crippen LogP contribution in [-0.2, 0) is 9.53 Å². The van der Waals surface area contributed by atoms with E-state index >= 15 is 0 Å². The SMILES string of the molecule is CCCCCCCCC(CCCCCCCC)CC(=O)OCC(C)CO. The van der Waals surface area contributed by atoms with Crippen molar-refractivity contribution in [3.05, 3.63) is 0 Å². The molecule has 0 aromatic rings. The molecule has 0 saturated heterocycles. The van der Waals surface area contributed by atoms with Crippen molar-refractivity contribution in [3.8, 4) is 0 Å². The van der Waals surface area contributed by atoms with Gasteiger partial charge in [-0.25, -0.2) is 0 Å². The molecule has 0 fully saturated rings. The minimum Gasteiger partial charge on any atom is -0.465 e. The lowest BCUT2D eigenvalue weighted by atomic mass is 9.91. The van der Waals surface area contributed by atoms with E-state index in [1.165, 1.54) is 77.0 Å². The zero-order valence-corrected chi connectivity index (χ0v) is 17.9. The van der Waals surface area contributed by atoms with Crippen LogP contribution in [0.1, 0.15) is 117 Å². The van der Waals surface area contributed by atoms with Gasteiger partial charge in [-0.2, -0.15) is 0 Å². The van der Waals surface area contributed by atoms with Gasteiger partial charge in [0.25, 0.3) is 0 Å². The van der Waals surface area contributed by atoms with Gasteiger partial charge in [0.05, 0.1) is 6.61 Å². The Bertz CT molecular complexity index is 288. The molecule has 0 amide bonds. The first-order chi connectivity index (χ1) is 12.6. The number of unbranched alkanes of at least 4 members (excludes halogenated alkanes) is 10. The van der Waals surface area contributed by atoms with E-state index in [2.05, 4.69) is 13.8 Å². The lowest BCUT2D eigenvalue weighted by Crippen LogP contribution is -2.17. The summed E-state index contributed by atoms with van der Waals surface area (Å²) >= 11 is 0. The van der Waals surface area contributed by atoms with Gasteiger partial charge in [0.15, 0.2) is 0 Å². The highest BCUT2D eigenvalue weighted by Gasteiger charge is 2.15. The molecule has 1 N–H and O–H groups in total. The second-order valence-electron chi connectivity index (χ2n) is 8.15. The average molecular weight is 371 g/mol. The van der Waals surface area contributed by atoms with Crippen LogP contribution < -0.4 is 0 Å². The summed E-state index contributed by atoms with van der Waals surface area (Å²) in [5, 5.41) is 9.05. The molecule has 0 aliphatic rings. The first kappa shape index (κ1) is 25.4. The van der Waals surface area contributed by atoms with Crippen LogP contribution in [-0.4, -0.2) is 24.3 Å². The lowest BCUT2D eigenvalue weighted by molar-refractivity contribution is -0.146. The highest BCUT2D eigenvalue weighted by Crippen LogP contribution is 2.22. The smallest absolute Gasteiger partial charge is 0.306 e. The summed E-state index contributed by atoms with van der Waals surface area (Å²) < 4.78 is 5.35. The van der Waals surface area contributed by atoms with E-state index in [1.807, 2.05) is 6.92 Å². The molecule has 0 aliphatic carbocycles. The van der Waals surface area contributed by atoms with Crippen molar-refractivity contribution < 1.29 is 14.6 Å². The van der Waals surface area contributed by atoms with Gasteiger partial charge in [-0.1, -0.05) is 97.8 Å². The standard InChI is InChI=1S/C23H46O3/c1-4-6-8-10-12-14-16-22(17-15-13-11-9-7-5-2)18-23(25)26-20-21(3)19-24/h21-22,24H,4-20H2,1-3H3. The van der Waals surface area contributed by atoms with E-state index < -0.39 is 0 Å². The fraction of sp³-hybridized carbons (Fsp3) is 0.957. The van der Waals surface area contributed by atoms with Crippen molar-refractivity contribution in [2.24, 2.45) is 11.8 Å². The predicted molar refractivity (Wildman–Crippen MR) is 111 cm³/mol. The zero-order valence-electron chi connectivity index (χ0n) is 17.9. The van der Waals surface area contributed by atoms with Crippen LogP contribution in [0.3, 0.4) is 0 Å². The third-order valence-electron chi connectivity index (χ3n) is 5.23. The van der Waals surface area contributed by atoms with Gasteiger partial charge in [0, 0.05) is 18.9 Å². The number of aliphatic hydroxyl groups excluding tert-OH is 1. The maximum Gasteiger partial charge on any atom is 0.306 e. The molecule has 26 heavy (non-hydrogen) atoms. The van der Waals surface area contributed by atoms with E-state index in [1.54, 1.807) is 0 Å². The molecule has 0 aromatic heterocycles. The minimum atomic E-state index is -0.0766. The Morgan fingerprint density at radius 3 is 1.73 bits per heavy atom. The molecule has 1 atom stereocenters. The van der Waals surface area contributed by atoms with E-state index in [-0.39, 0.29) is 18.5 Å². The van der Waals surface area contributed by atoms with Crippen LogP contribution in [0.15, 0.2) is 0 Å². The van der Waals surface area contributed by atoms with Gasteiger partial charge in [-0.3, -0.25) is 4.79 Å². The third kappa shape index (κ3) is 16.9. The van der Waals surface area contributed by atoms with Crippen LogP contribution in [0.2, 0.25) is 0 Å². The molecule has 0 bridgehead atoms. The van der Waals surface area contributed by atoms with E-state index in [0.29, 0.717) is 18.9 Å². The Balaban J connectivity index is 4.06. The Kier molecular flexibility index (Phi) is 18.8. The van der Waals surface area contributed by atoms with Gasteiger partial charge in [0.2, 0.25) is 0 Å². The largest absolute Gasteiger partial charge is 0.465 e. The van der Waals surface area contributed by atoms with Crippen LogP contribution >= 0.6 is 0 Å². The average Bonchev–Trinajstić information content (AvgIpc) is 2.64. The van der Waals surface area contributed by atoms with E-state index in [9.17, 15) is 4.79 Å². The summed E-state index contributed by atoms with van der Waals surface area (Å²) in [7, 11) is 0. The Hall–Kier alpha value is -0.570. The molecule has 0 spiro atoms. The molecule has 0 radical (unpaired) electrons. The van der Waals surface area contributed by atoms with Crippen molar-refractivity contribution in [3.63, 3.8) is 0 Å². The summed E-state index contributed by atoms with van der Waals surface area (Å²) in [6.45, 7) is 6.82. The van der Waals surface area contributed by atoms with E-state index in [0.717, 1.165) is 12.8 Å². The van der Waals surface area contributed by atoms with Crippen LogP contribution in [0.5, 0.6) is 0 Å². The number of ether oxygens (including phenoxy) is 1. The van der Waals surface area contributed by atoms with E-state index in [4.69, 9.17) is 9.84 Å². The quantitative estimate of drug-likeness (QED) is 0.204. The fourth-order valence-electron chi connectivity index (χ4n) is 3.36. The molecule has 1 unspecified atom stereocenters. The van der Waals surface area contributed by atoms with Crippen LogP contribution in [0.4, 0.5) is 0 Å². The molecule has 3 heteroatoms. The monoisotopic (exact) mass is 370 g/mol. The number of hydrogen-bond acceptors (Lipinski definition) is 3. The van der Waals surface area contributed by atoms with Crippen LogP contribution in [0, 0.1) is 11.8 Å². The summed E-state index contributed by atoms with van der Waals surface area (Å²) in [4.78, 5) is 12.1. The number of esters is 1. The summed E-state index contributed by atoms with van der Waals surface area (Å²) in [6, 6.07) is 0. The number of aliphatic hydroxyl groups is 1. The van der Waals surface area contributed by atoms with Crippen molar-refractivity contribution in [1.29, 1.82) is 0 Å². The van der Waals surface area contributed by atoms with Gasteiger partial charge < -0.3 is 9.84 Å². The third-order valence-corrected chi connectivity index (χ3v) is 5.23. The zero-order chi connectivity index (χ0) is 19.5. The van der Waals surface area contributed by atoms with Gasteiger partial charge >= 0.3 is 5.97 Å². The first-order valence-electron chi connectivity index (χ1n) is 11.4. The number of carbonyl (C=O) groups is 1. The predicted octanol–water partition coefficient (Wildman–Crippen LogP) is 6.67. The molecular formula is C23H46O3. The topological polar surface area (TPSA) is 46.5 Å². The highest BCUT2D eigenvalue weighted by atomic mass is 16.5. The second kappa shape index (κ2) is 19.2. The van der Waals surface area contributed by atoms with Crippen molar-refractivity contribution in [2.75, 3.05) is 13.2 Å². The van der Waals surface area contributed by atoms with Gasteiger partial charge in [-0.05, 0) is 18.8 Å². The molecule has 3 nitrogen and oxygen atoms in total. The highest BCUT2D eigenvalue weighted by molar-refractivity contribution is 5.69. The maximum absolute atomic E-state index is 12.1. The molecule has 0 saturated carbocycles. The summed E-state index contributed by atoms with van der Waals surface area (Å²) in [5.74, 6) is 0.436. The number of hydrogen-bond donors (Lipinski definition) is 1. The normalized spacial score (nSPS) is 12.5. The number of rotatable bonds is 19. The summed E-state index contributed by atoms with van der Waals surface area (Å²) in [5.41, 5.74) is 0. The molecule has 0 aromatic carbocycles. The van der Waals surface area contributed by atoms with Crippen LogP contribution in [0.25, 0.3) is 0 Å². The Labute approximate surface area is 163 Å². The Morgan fingerprint density at radius 2 is 1.27 bits per heavy atom. The van der Waals surface area contributed by atoms with Gasteiger partial charge in [-0.15, -0.1) is 0 Å². The molecular weight excluding hydrogens is 324 g/mol. The Morgan fingerprint density at radius 1 is 0.808 bits per heavy atom. The number of carbonyl (C=O) groups excluding carboxylic acids is 1. The first-order valence-corrected chi connectivity index (χ1v) is 11.4. The fourth-order valence-corrected chi connectivity index (χ4v) is 3.36.